The molecule has 2 aliphatic heterocycles. The summed E-state index contributed by atoms with van der Waals surface area (Å²) in [5.41, 5.74) is 13.1. The summed E-state index contributed by atoms with van der Waals surface area (Å²) in [6.45, 7) is 15.0. The number of piperazine rings is 1. The van der Waals surface area contributed by atoms with Crippen LogP contribution in [-0.2, 0) is 11.3 Å². The average molecular weight is 556 g/mol. The maximum atomic E-state index is 5.81. The van der Waals surface area contributed by atoms with Crippen molar-refractivity contribution in [2.45, 2.75) is 58.0 Å². The molecule has 0 amide bonds. The van der Waals surface area contributed by atoms with Crippen molar-refractivity contribution in [2.24, 2.45) is 5.73 Å². The molecule has 1 aliphatic carbocycles. The van der Waals surface area contributed by atoms with E-state index in [0.717, 1.165) is 80.8 Å². The second kappa shape index (κ2) is 12.0. The van der Waals surface area contributed by atoms with Gasteiger partial charge in [-0.05, 0) is 92.6 Å². The largest absolute Gasteiger partial charge is 0.405 e. The summed E-state index contributed by atoms with van der Waals surface area (Å²) in [6.07, 6.45) is 10.5. The third-order valence-corrected chi connectivity index (χ3v) is 8.59. The number of rotatable bonds is 9. The van der Waals surface area contributed by atoms with Crippen LogP contribution in [0.4, 0.5) is 0 Å². The summed E-state index contributed by atoms with van der Waals surface area (Å²) in [4.78, 5) is 9.66. The molecule has 1 saturated carbocycles. The highest BCUT2D eigenvalue weighted by Gasteiger charge is 2.31. The number of hydrogen-bond donors (Lipinski definition) is 1. The lowest BCUT2D eigenvalue weighted by Crippen LogP contribution is -2.46. The summed E-state index contributed by atoms with van der Waals surface area (Å²) in [6, 6.07) is 9.24. The van der Waals surface area contributed by atoms with Crippen molar-refractivity contribution in [1.29, 1.82) is 0 Å². The first-order valence-corrected chi connectivity index (χ1v) is 14.8. The van der Waals surface area contributed by atoms with Crippen LogP contribution in [0, 0.1) is 13.8 Å². The standard InChI is InChI=1S/C32H41N7O2/c1-22-18-27(4-7-29(22)26-9-16-40-17-10-26)31-34-32(41-36-31)30-20-24(3)39(35-30)21-25(8-11-33)19-23(2)37-12-14-38(15-13-37)28-5-6-28/h4,7-8,11,18-20,26,28H,2,5-6,9-10,12-17,21,33H2,1,3H3/b11-8-,25-19+. The quantitative estimate of drug-likeness (QED) is 0.376. The lowest BCUT2D eigenvalue weighted by molar-refractivity contribution is 0.0852. The van der Waals surface area contributed by atoms with Gasteiger partial charge in [-0.3, -0.25) is 9.58 Å². The van der Waals surface area contributed by atoms with Gasteiger partial charge in [0.2, 0.25) is 5.82 Å². The van der Waals surface area contributed by atoms with Crippen molar-refractivity contribution in [2.75, 3.05) is 39.4 Å². The van der Waals surface area contributed by atoms with Crippen LogP contribution < -0.4 is 5.73 Å². The minimum Gasteiger partial charge on any atom is -0.405 e. The topological polar surface area (TPSA) is 98.5 Å². The molecule has 4 heterocycles. The SMILES string of the molecule is C=C(/C=C(\C=C/N)Cn1nc(-c2nc(-c3ccc(C4CCOCC4)c(C)c3)no2)cc1C)N1CCN(C2CC2)CC1. The average Bonchev–Trinajstić information content (AvgIpc) is 3.61. The van der Waals surface area contributed by atoms with Crippen LogP contribution in [0.2, 0.25) is 0 Å². The van der Waals surface area contributed by atoms with E-state index < -0.39 is 0 Å². The van der Waals surface area contributed by atoms with E-state index in [9.17, 15) is 0 Å². The zero-order valence-corrected chi connectivity index (χ0v) is 24.3. The zero-order valence-electron chi connectivity index (χ0n) is 24.3. The Kier molecular flexibility index (Phi) is 8.07. The molecule has 0 spiro atoms. The fourth-order valence-electron chi connectivity index (χ4n) is 6.06. The molecular weight excluding hydrogens is 514 g/mol. The summed E-state index contributed by atoms with van der Waals surface area (Å²) in [7, 11) is 0. The Balaban J connectivity index is 1.14. The van der Waals surface area contributed by atoms with Crippen molar-refractivity contribution in [3.8, 4) is 23.0 Å². The molecule has 0 bridgehead atoms. The Morgan fingerprint density at radius 1 is 1.07 bits per heavy atom. The molecule has 2 N–H and O–H groups in total. The first kappa shape index (κ1) is 27.5. The van der Waals surface area contributed by atoms with Crippen LogP contribution in [0.25, 0.3) is 23.0 Å². The highest BCUT2D eigenvalue weighted by molar-refractivity contribution is 5.60. The second-order valence-corrected chi connectivity index (χ2v) is 11.5. The maximum Gasteiger partial charge on any atom is 0.278 e. The Bertz CT molecular complexity index is 1430. The molecule has 6 rings (SSSR count). The van der Waals surface area contributed by atoms with Gasteiger partial charge in [-0.1, -0.05) is 23.9 Å². The van der Waals surface area contributed by atoms with E-state index in [-0.39, 0.29) is 0 Å². The molecule has 216 valence electrons. The lowest BCUT2D eigenvalue weighted by Gasteiger charge is -2.36. The summed E-state index contributed by atoms with van der Waals surface area (Å²) < 4.78 is 13.1. The minimum atomic E-state index is 0.408. The molecule has 9 nitrogen and oxygen atoms in total. The molecule has 3 aliphatic rings. The van der Waals surface area contributed by atoms with Crippen molar-refractivity contribution in [3.63, 3.8) is 0 Å². The van der Waals surface area contributed by atoms with Crippen LogP contribution >= 0.6 is 0 Å². The van der Waals surface area contributed by atoms with Crippen LogP contribution in [0.1, 0.15) is 48.4 Å². The highest BCUT2D eigenvalue weighted by Crippen LogP contribution is 2.32. The van der Waals surface area contributed by atoms with Crippen LogP contribution in [0.5, 0.6) is 0 Å². The number of nitrogens with two attached hydrogens (primary N) is 1. The second-order valence-electron chi connectivity index (χ2n) is 11.5. The fraction of sp³-hybridized carbons (Fsp3) is 0.469. The number of nitrogens with zero attached hydrogens (tertiary/aromatic N) is 6. The van der Waals surface area contributed by atoms with Gasteiger partial charge >= 0.3 is 0 Å². The number of aryl methyl sites for hydroxylation is 2. The van der Waals surface area contributed by atoms with E-state index in [1.807, 2.05) is 23.7 Å². The van der Waals surface area contributed by atoms with Crippen LogP contribution in [0.3, 0.4) is 0 Å². The third kappa shape index (κ3) is 6.31. The molecule has 0 radical (unpaired) electrons. The maximum absolute atomic E-state index is 5.81. The Morgan fingerprint density at radius 3 is 2.56 bits per heavy atom. The molecule has 41 heavy (non-hydrogen) atoms. The van der Waals surface area contributed by atoms with Crippen LogP contribution in [0.15, 0.2) is 65.0 Å². The molecule has 2 aromatic heterocycles. The Labute approximate surface area is 242 Å². The molecule has 2 saturated heterocycles. The van der Waals surface area contributed by atoms with Gasteiger partial charge in [0.15, 0.2) is 5.69 Å². The normalized spacial score (nSPS) is 19.4. The van der Waals surface area contributed by atoms with Gasteiger partial charge in [-0.25, -0.2) is 0 Å². The molecule has 1 aromatic carbocycles. The summed E-state index contributed by atoms with van der Waals surface area (Å²) in [5.74, 6) is 1.53. The van der Waals surface area contributed by atoms with Crippen molar-refractivity contribution < 1.29 is 9.26 Å². The number of allylic oxidation sites excluding steroid dienone is 3. The van der Waals surface area contributed by atoms with Crippen LogP contribution in [-0.4, -0.2) is 75.2 Å². The smallest absolute Gasteiger partial charge is 0.278 e. The van der Waals surface area contributed by atoms with Gasteiger partial charge in [0, 0.05) is 62.4 Å². The molecular formula is C32H41N7O2. The van der Waals surface area contributed by atoms with E-state index in [1.165, 1.54) is 24.0 Å². The van der Waals surface area contributed by atoms with Gasteiger partial charge in [-0.15, -0.1) is 0 Å². The first-order chi connectivity index (χ1) is 20.0. The Hall–Kier alpha value is -3.69. The van der Waals surface area contributed by atoms with E-state index >= 15 is 0 Å². The van der Waals surface area contributed by atoms with Gasteiger partial charge in [0.05, 0.1) is 6.54 Å². The van der Waals surface area contributed by atoms with E-state index in [4.69, 9.17) is 20.1 Å². The van der Waals surface area contributed by atoms with Crippen molar-refractivity contribution in [1.82, 2.24) is 29.7 Å². The lowest BCUT2D eigenvalue weighted by atomic mass is 9.88. The Morgan fingerprint density at radius 2 is 1.85 bits per heavy atom. The van der Waals surface area contributed by atoms with Crippen molar-refractivity contribution in [3.05, 3.63) is 77.3 Å². The number of hydrogen-bond acceptors (Lipinski definition) is 8. The van der Waals surface area contributed by atoms with Gasteiger partial charge in [-0.2, -0.15) is 10.1 Å². The molecule has 3 aromatic rings. The van der Waals surface area contributed by atoms with Gasteiger partial charge < -0.3 is 19.9 Å². The fourth-order valence-corrected chi connectivity index (χ4v) is 6.06. The zero-order chi connectivity index (χ0) is 28.3. The molecule has 0 unspecified atom stereocenters. The molecule has 9 heteroatoms. The van der Waals surface area contributed by atoms with Crippen molar-refractivity contribution >= 4 is 0 Å². The predicted molar refractivity (Wildman–Crippen MR) is 160 cm³/mol. The summed E-state index contributed by atoms with van der Waals surface area (Å²) >= 11 is 0. The summed E-state index contributed by atoms with van der Waals surface area (Å²) in [5, 5.41) is 9.07. The number of ether oxygens (including phenoxy) is 1. The molecule has 0 atom stereocenters. The number of benzene rings is 1. The predicted octanol–water partition coefficient (Wildman–Crippen LogP) is 4.80. The highest BCUT2D eigenvalue weighted by atomic mass is 16.5. The van der Waals surface area contributed by atoms with E-state index in [2.05, 4.69) is 57.7 Å². The minimum absolute atomic E-state index is 0.408. The van der Waals surface area contributed by atoms with E-state index in [1.54, 1.807) is 6.20 Å². The third-order valence-electron chi connectivity index (χ3n) is 8.59. The van der Waals surface area contributed by atoms with E-state index in [0.29, 0.717) is 29.9 Å². The van der Waals surface area contributed by atoms with Gasteiger partial charge in [0.1, 0.15) is 0 Å². The number of aromatic nitrogens is 4. The monoisotopic (exact) mass is 555 g/mol. The van der Waals surface area contributed by atoms with Gasteiger partial charge in [0.25, 0.3) is 5.89 Å². The first-order valence-electron chi connectivity index (χ1n) is 14.8. The molecule has 3 fully saturated rings.